The summed E-state index contributed by atoms with van der Waals surface area (Å²) in [7, 11) is 0. The average Bonchev–Trinajstić information content (AvgIpc) is 3.49. The summed E-state index contributed by atoms with van der Waals surface area (Å²) in [6, 6.07) is 12.5. The highest BCUT2D eigenvalue weighted by Crippen LogP contribution is 2.45. The number of hydrogen-bond acceptors (Lipinski definition) is 4. The number of anilines is 1. The number of nitrogens with zero attached hydrogens (tertiary/aromatic N) is 1. The number of hydrogen-bond donors (Lipinski definition) is 2. The minimum absolute atomic E-state index is 0.0234. The van der Waals surface area contributed by atoms with Gasteiger partial charge in [-0.1, -0.05) is 30.3 Å². The van der Waals surface area contributed by atoms with Crippen LogP contribution in [0.5, 0.6) is 0 Å². The van der Waals surface area contributed by atoms with E-state index in [2.05, 4.69) is 0 Å². The summed E-state index contributed by atoms with van der Waals surface area (Å²) in [4.78, 5) is 38.6. The van der Waals surface area contributed by atoms with Crippen LogP contribution in [0.15, 0.2) is 59.9 Å². The second-order valence-electron chi connectivity index (χ2n) is 7.19. The molecule has 0 bridgehead atoms. The Balaban J connectivity index is 1.89. The number of aliphatic hydroxyl groups is 1. The van der Waals surface area contributed by atoms with E-state index in [4.69, 9.17) is 0 Å². The highest BCUT2D eigenvalue weighted by Gasteiger charge is 2.48. The zero-order valence-corrected chi connectivity index (χ0v) is 15.3. The minimum Gasteiger partial charge on any atom is -0.503 e. The van der Waals surface area contributed by atoms with Gasteiger partial charge < -0.3 is 10.2 Å². The average molecular weight is 377 g/mol. The van der Waals surface area contributed by atoms with E-state index in [-0.39, 0.29) is 22.8 Å². The Morgan fingerprint density at radius 2 is 1.79 bits per heavy atom. The fraction of sp³-hybridized carbons (Fsp3) is 0.227. The Bertz CT molecular complexity index is 1030. The SMILES string of the molecule is Cc1ccccc1[C@H]1C(C(=O)C2CC2)=C(O)C(=O)N1c1cccc(C(=O)O)c1. The zero-order valence-electron chi connectivity index (χ0n) is 15.3. The quantitative estimate of drug-likeness (QED) is 0.831. The molecule has 0 saturated heterocycles. The van der Waals surface area contributed by atoms with Crippen molar-refractivity contribution in [3.8, 4) is 0 Å². The number of ketones is 1. The molecule has 6 heteroatoms. The highest BCUT2D eigenvalue weighted by molar-refractivity contribution is 6.17. The third-order valence-corrected chi connectivity index (χ3v) is 5.28. The van der Waals surface area contributed by atoms with Crippen molar-refractivity contribution >= 4 is 23.3 Å². The van der Waals surface area contributed by atoms with Gasteiger partial charge in [0.2, 0.25) is 0 Å². The van der Waals surface area contributed by atoms with Crippen LogP contribution in [-0.2, 0) is 9.59 Å². The summed E-state index contributed by atoms with van der Waals surface area (Å²) in [5.41, 5.74) is 2.04. The van der Waals surface area contributed by atoms with Crippen molar-refractivity contribution < 1.29 is 24.6 Å². The van der Waals surface area contributed by atoms with E-state index < -0.39 is 23.7 Å². The van der Waals surface area contributed by atoms with Gasteiger partial charge >= 0.3 is 5.97 Å². The molecular weight excluding hydrogens is 358 g/mol. The van der Waals surface area contributed by atoms with E-state index in [0.29, 0.717) is 5.69 Å². The van der Waals surface area contributed by atoms with Crippen LogP contribution in [0.3, 0.4) is 0 Å². The summed E-state index contributed by atoms with van der Waals surface area (Å²) in [5.74, 6) is -2.74. The van der Waals surface area contributed by atoms with Gasteiger partial charge in [0.1, 0.15) is 0 Å². The molecule has 1 amide bonds. The predicted molar refractivity (Wildman–Crippen MR) is 102 cm³/mol. The van der Waals surface area contributed by atoms with Crippen LogP contribution in [0.4, 0.5) is 5.69 Å². The molecule has 1 atom stereocenters. The Labute approximate surface area is 161 Å². The summed E-state index contributed by atoms with van der Waals surface area (Å²) in [6.07, 6.45) is 1.50. The van der Waals surface area contributed by atoms with Crippen molar-refractivity contribution in [1.82, 2.24) is 0 Å². The van der Waals surface area contributed by atoms with Gasteiger partial charge in [-0.15, -0.1) is 0 Å². The molecule has 2 aromatic carbocycles. The Morgan fingerprint density at radius 3 is 2.43 bits per heavy atom. The standard InChI is InChI=1S/C22H19NO5/c1-12-5-2-3-8-16(12)18-17(19(24)13-9-10-13)20(25)21(26)23(18)15-7-4-6-14(11-15)22(27)28/h2-8,11,13,18,25H,9-10H2,1H3,(H,27,28)/t18-/m0/s1. The number of aryl methyl sites for hydroxylation is 1. The van der Waals surface area contributed by atoms with Crippen molar-refractivity contribution in [2.45, 2.75) is 25.8 Å². The summed E-state index contributed by atoms with van der Waals surface area (Å²) in [5, 5.41) is 19.9. The summed E-state index contributed by atoms with van der Waals surface area (Å²) in [6.45, 7) is 1.88. The van der Waals surface area contributed by atoms with Crippen LogP contribution in [0.25, 0.3) is 0 Å². The number of Topliss-reactive ketones (excluding diaryl/α,β-unsaturated/α-hetero) is 1. The Hall–Kier alpha value is -3.41. The lowest BCUT2D eigenvalue weighted by atomic mass is 9.91. The molecule has 0 spiro atoms. The maximum absolute atomic E-state index is 13.0. The van der Waals surface area contributed by atoms with Crippen molar-refractivity contribution in [3.63, 3.8) is 0 Å². The van der Waals surface area contributed by atoms with Crippen molar-refractivity contribution in [1.29, 1.82) is 0 Å². The van der Waals surface area contributed by atoms with Gasteiger partial charge in [-0.25, -0.2) is 4.79 Å². The normalized spacial score (nSPS) is 19.2. The first-order valence-electron chi connectivity index (χ1n) is 9.10. The number of carboxylic acid groups (broad SMARTS) is 1. The molecule has 0 aromatic heterocycles. The van der Waals surface area contributed by atoms with Gasteiger partial charge in [0, 0.05) is 11.6 Å². The molecule has 28 heavy (non-hydrogen) atoms. The van der Waals surface area contributed by atoms with Crippen molar-refractivity contribution in [2.24, 2.45) is 5.92 Å². The van der Waals surface area contributed by atoms with E-state index in [1.807, 2.05) is 31.2 Å². The third-order valence-electron chi connectivity index (χ3n) is 5.28. The third kappa shape index (κ3) is 2.87. The molecule has 1 saturated carbocycles. The summed E-state index contributed by atoms with van der Waals surface area (Å²) < 4.78 is 0. The lowest BCUT2D eigenvalue weighted by Crippen LogP contribution is -2.31. The molecule has 4 rings (SSSR count). The highest BCUT2D eigenvalue weighted by atomic mass is 16.4. The number of carboxylic acids is 1. The molecule has 142 valence electrons. The number of aromatic carboxylic acids is 1. The monoisotopic (exact) mass is 377 g/mol. The number of rotatable bonds is 5. The summed E-state index contributed by atoms with van der Waals surface area (Å²) >= 11 is 0. The number of aliphatic hydroxyl groups excluding tert-OH is 1. The maximum atomic E-state index is 13.0. The van der Waals surface area contributed by atoms with E-state index in [9.17, 15) is 24.6 Å². The first-order chi connectivity index (χ1) is 13.4. The fourth-order valence-electron chi connectivity index (χ4n) is 3.67. The van der Waals surface area contributed by atoms with Crippen LogP contribution in [0.2, 0.25) is 0 Å². The van der Waals surface area contributed by atoms with E-state index >= 15 is 0 Å². The lowest BCUT2D eigenvalue weighted by molar-refractivity contribution is -0.118. The molecule has 2 N–H and O–H groups in total. The first-order valence-corrected chi connectivity index (χ1v) is 9.10. The maximum Gasteiger partial charge on any atom is 0.335 e. The number of amides is 1. The topological polar surface area (TPSA) is 94.9 Å². The first kappa shape index (κ1) is 18.0. The largest absolute Gasteiger partial charge is 0.503 e. The van der Waals surface area contributed by atoms with Gasteiger partial charge in [0.15, 0.2) is 11.5 Å². The van der Waals surface area contributed by atoms with Gasteiger partial charge in [0.25, 0.3) is 5.91 Å². The van der Waals surface area contributed by atoms with Crippen LogP contribution in [-0.4, -0.2) is 27.9 Å². The molecule has 1 aliphatic heterocycles. The van der Waals surface area contributed by atoms with Crippen LogP contribution < -0.4 is 4.90 Å². The van der Waals surface area contributed by atoms with E-state index in [1.54, 1.807) is 12.1 Å². The predicted octanol–water partition coefficient (Wildman–Crippen LogP) is 3.57. The number of benzene rings is 2. The second-order valence-corrected chi connectivity index (χ2v) is 7.19. The van der Waals surface area contributed by atoms with Gasteiger partial charge in [-0.05, 0) is 49.1 Å². The molecule has 1 heterocycles. The van der Waals surface area contributed by atoms with Gasteiger partial charge in [-0.2, -0.15) is 0 Å². The minimum atomic E-state index is -1.12. The number of carbonyl (C=O) groups is 3. The van der Waals surface area contributed by atoms with Crippen molar-refractivity contribution in [3.05, 3.63) is 76.6 Å². The molecule has 2 aromatic rings. The number of carbonyl (C=O) groups excluding carboxylic acids is 2. The van der Waals surface area contributed by atoms with E-state index in [0.717, 1.165) is 24.0 Å². The Kier molecular flexibility index (Phi) is 4.26. The second kappa shape index (κ2) is 6.64. The smallest absolute Gasteiger partial charge is 0.335 e. The molecule has 1 aliphatic carbocycles. The molecular formula is C22H19NO5. The van der Waals surface area contributed by atoms with Gasteiger partial charge in [0.05, 0.1) is 17.2 Å². The van der Waals surface area contributed by atoms with Crippen LogP contribution in [0, 0.1) is 12.8 Å². The Morgan fingerprint density at radius 1 is 1.07 bits per heavy atom. The van der Waals surface area contributed by atoms with E-state index in [1.165, 1.54) is 17.0 Å². The molecule has 6 nitrogen and oxygen atoms in total. The zero-order chi connectivity index (χ0) is 20.0. The van der Waals surface area contributed by atoms with Crippen molar-refractivity contribution in [2.75, 3.05) is 4.90 Å². The molecule has 0 unspecified atom stereocenters. The molecule has 2 aliphatic rings. The lowest BCUT2D eigenvalue weighted by Gasteiger charge is -2.28. The fourth-order valence-corrected chi connectivity index (χ4v) is 3.67. The van der Waals surface area contributed by atoms with Crippen LogP contribution in [0.1, 0.15) is 40.4 Å². The molecule has 0 radical (unpaired) electrons. The van der Waals surface area contributed by atoms with Gasteiger partial charge in [-0.3, -0.25) is 14.5 Å². The van der Waals surface area contributed by atoms with Crippen LogP contribution >= 0.6 is 0 Å². The molecule has 1 fully saturated rings.